The molecule has 8 nitrogen and oxygen atoms in total. The van der Waals surface area contributed by atoms with Crippen LogP contribution in [0.1, 0.15) is 32.7 Å². The van der Waals surface area contributed by atoms with Crippen molar-refractivity contribution < 1.29 is 24.0 Å². The molecular formula is C18H12Cl2N2O6. The highest BCUT2D eigenvalue weighted by Gasteiger charge is 2.40. The Morgan fingerprint density at radius 1 is 1.07 bits per heavy atom. The van der Waals surface area contributed by atoms with Gasteiger partial charge in [-0.25, -0.2) is 0 Å². The minimum absolute atomic E-state index is 0.0598. The topological polar surface area (TPSA) is 107 Å². The van der Waals surface area contributed by atoms with Crippen molar-refractivity contribution in [3.8, 4) is 0 Å². The Balaban J connectivity index is 1.64. The Morgan fingerprint density at radius 2 is 1.71 bits per heavy atom. The predicted octanol–water partition coefficient (Wildman–Crippen LogP) is 3.63. The third kappa shape index (κ3) is 3.69. The van der Waals surface area contributed by atoms with Gasteiger partial charge in [0.2, 0.25) is 0 Å². The lowest BCUT2D eigenvalue weighted by molar-refractivity contribution is -0.385. The summed E-state index contributed by atoms with van der Waals surface area (Å²) in [6.45, 7) is -0.427. The van der Waals surface area contributed by atoms with Crippen LogP contribution in [0.2, 0.25) is 10.0 Å². The van der Waals surface area contributed by atoms with E-state index in [2.05, 4.69) is 0 Å². The minimum Gasteiger partial charge on any atom is -0.461 e. The van der Waals surface area contributed by atoms with E-state index in [4.69, 9.17) is 27.9 Å². The average molecular weight is 423 g/mol. The van der Waals surface area contributed by atoms with Gasteiger partial charge in [0.05, 0.1) is 16.9 Å². The predicted molar refractivity (Wildman–Crippen MR) is 99.3 cm³/mol. The highest BCUT2D eigenvalue weighted by atomic mass is 35.5. The van der Waals surface area contributed by atoms with Crippen molar-refractivity contribution >= 4 is 46.7 Å². The first-order chi connectivity index (χ1) is 13.3. The zero-order valence-corrected chi connectivity index (χ0v) is 15.7. The number of carbonyl (C=O) groups excluding carboxylic acids is 3. The van der Waals surface area contributed by atoms with Crippen LogP contribution in [0.5, 0.6) is 0 Å². The van der Waals surface area contributed by atoms with E-state index in [-0.39, 0.29) is 30.7 Å². The summed E-state index contributed by atoms with van der Waals surface area (Å²) in [6, 6.07) is 8.66. The average Bonchev–Trinajstić information content (AvgIpc) is 2.90. The van der Waals surface area contributed by atoms with Gasteiger partial charge in [0.15, 0.2) is 0 Å². The largest absolute Gasteiger partial charge is 0.461 e. The molecule has 3 rings (SSSR count). The van der Waals surface area contributed by atoms with E-state index < -0.39 is 28.4 Å². The second kappa shape index (κ2) is 7.95. The first-order valence-electron chi connectivity index (χ1n) is 8.03. The number of amides is 2. The van der Waals surface area contributed by atoms with E-state index in [9.17, 15) is 24.5 Å². The first-order valence-corrected chi connectivity index (χ1v) is 8.79. The zero-order valence-electron chi connectivity index (χ0n) is 14.2. The van der Waals surface area contributed by atoms with Gasteiger partial charge < -0.3 is 4.74 Å². The van der Waals surface area contributed by atoms with Crippen LogP contribution in [0.15, 0.2) is 36.4 Å². The van der Waals surface area contributed by atoms with Crippen molar-refractivity contribution in [3.63, 3.8) is 0 Å². The highest BCUT2D eigenvalue weighted by Crippen LogP contribution is 2.31. The molecule has 0 unspecified atom stereocenters. The molecule has 0 saturated carbocycles. The number of nitrogens with zero attached hydrogens (tertiary/aromatic N) is 2. The molecule has 0 aromatic heterocycles. The standard InChI is InChI=1S/C18H12Cl2N2O6/c19-12-4-2-5-13(20)11(12)9-28-15(23)7-8-21-17(24)10-3-1-6-14(22(26)27)16(10)18(21)25/h1-6H,7-9H2. The number of imide groups is 1. The molecule has 0 N–H and O–H groups in total. The minimum atomic E-state index is -0.811. The lowest BCUT2D eigenvalue weighted by Gasteiger charge is -2.13. The smallest absolute Gasteiger partial charge is 0.307 e. The number of fused-ring (bicyclic) bond motifs is 1. The molecule has 1 aliphatic rings. The van der Waals surface area contributed by atoms with Crippen LogP contribution in [0.4, 0.5) is 5.69 Å². The van der Waals surface area contributed by atoms with Gasteiger partial charge in [-0.15, -0.1) is 0 Å². The molecule has 0 bridgehead atoms. The lowest BCUT2D eigenvalue weighted by Crippen LogP contribution is -2.32. The molecule has 0 fully saturated rings. The first kappa shape index (κ1) is 19.8. The van der Waals surface area contributed by atoms with E-state index in [0.29, 0.717) is 15.6 Å². The molecule has 0 spiro atoms. The molecule has 144 valence electrons. The summed E-state index contributed by atoms with van der Waals surface area (Å²) < 4.78 is 5.09. The maximum atomic E-state index is 12.4. The third-order valence-corrected chi connectivity index (χ3v) is 4.86. The van der Waals surface area contributed by atoms with Crippen LogP contribution in [0, 0.1) is 10.1 Å². The molecule has 28 heavy (non-hydrogen) atoms. The lowest BCUT2D eigenvalue weighted by atomic mass is 10.1. The number of ether oxygens (including phenoxy) is 1. The molecule has 0 saturated heterocycles. The van der Waals surface area contributed by atoms with Gasteiger partial charge >= 0.3 is 5.97 Å². The molecule has 0 aliphatic carbocycles. The fourth-order valence-electron chi connectivity index (χ4n) is 2.77. The normalized spacial score (nSPS) is 12.9. The van der Waals surface area contributed by atoms with E-state index >= 15 is 0 Å². The van der Waals surface area contributed by atoms with E-state index in [1.54, 1.807) is 18.2 Å². The van der Waals surface area contributed by atoms with Crippen molar-refractivity contribution in [2.45, 2.75) is 13.0 Å². The number of hydrogen-bond donors (Lipinski definition) is 0. The third-order valence-electron chi connectivity index (χ3n) is 4.15. The second-order valence-electron chi connectivity index (χ2n) is 5.83. The molecule has 0 radical (unpaired) electrons. The van der Waals surface area contributed by atoms with Crippen molar-refractivity contribution in [1.29, 1.82) is 0 Å². The zero-order chi connectivity index (χ0) is 20.4. The fourth-order valence-corrected chi connectivity index (χ4v) is 3.28. The fraction of sp³-hybridized carbons (Fsp3) is 0.167. The molecule has 1 heterocycles. The number of nitro benzene ring substituents is 1. The van der Waals surface area contributed by atoms with Gasteiger partial charge in [-0.1, -0.05) is 35.3 Å². The van der Waals surface area contributed by atoms with Crippen LogP contribution in [-0.2, 0) is 16.1 Å². The van der Waals surface area contributed by atoms with Gasteiger partial charge in [-0.2, -0.15) is 0 Å². The maximum absolute atomic E-state index is 12.4. The maximum Gasteiger partial charge on any atom is 0.307 e. The SMILES string of the molecule is O=C(CCN1C(=O)c2cccc([N+](=O)[O-])c2C1=O)OCc1c(Cl)cccc1Cl. The number of benzene rings is 2. The van der Waals surface area contributed by atoms with Crippen LogP contribution in [0.3, 0.4) is 0 Å². The van der Waals surface area contributed by atoms with Gasteiger partial charge in [-0.05, 0) is 18.2 Å². The summed E-state index contributed by atoms with van der Waals surface area (Å²) in [6.07, 6.45) is -0.276. The number of esters is 1. The number of carbonyl (C=O) groups is 3. The highest BCUT2D eigenvalue weighted by molar-refractivity contribution is 6.36. The summed E-state index contributed by atoms with van der Waals surface area (Å²) in [5.41, 5.74) is -0.339. The number of hydrogen-bond acceptors (Lipinski definition) is 6. The molecule has 2 aromatic carbocycles. The second-order valence-corrected chi connectivity index (χ2v) is 6.64. The molecule has 0 atom stereocenters. The Labute approximate surface area is 168 Å². The van der Waals surface area contributed by atoms with Crippen LogP contribution in [0.25, 0.3) is 0 Å². The van der Waals surface area contributed by atoms with Gasteiger partial charge in [0.1, 0.15) is 12.2 Å². The van der Waals surface area contributed by atoms with Gasteiger partial charge in [-0.3, -0.25) is 29.4 Å². The molecule has 2 amide bonds. The monoisotopic (exact) mass is 422 g/mol. The van der Waals surface area contributed by atoms with Gasteiger partial charge in [0.25, 0.3) is 17.5 Å². The summed E-state index contributed by atoms with van der Waals surface area (Å²) >= 11 is 12.0. The van der Waals surface area contributed by atoms with E-state index in [0.717, 1.165) is 11.0 Å². The van der Waals surface area contributed by atoms with Gasteiger partial charge in [0, 0.05) is 28.2 Å². The Morgan fingerprint density at radius 3 is 2.36 bits per heavy atom. The van der Waals surface area contributed by atoms with E-state index in [1.165, 1.54) is 12.1 Å². The number of rotatable bonds is 6. The Kier molecular flexibility index (Phi) is 5.62. The van der Waals surface area contributed by atoms with Crippen molar-refractivity contribution in [1.82, 2.24) is 4.90 Å². The van der Waals surface area contributed by atoms with E-state index in [1.807, 2.05) is 0 Å². The van der Waals surface area contributed by atoms with Crippen LogP contribution >= 0.6 is 23.2 Å². The van der Waals surface area contributed by atoms with Crippen LogP contribution < -0.4 is 0 Å². The Hall–Kier alpha value is -2.97. The number of halogens is 2. The van der Waals surface area contributed by atoms with Crippen molar-refractivity contribution in [2.24, 2.45) is 0 Å². The summed E-state index contributed by atoms with van der Waals surface area (Å²) in [5.74, 6) is -2.18. The van der Waals surface area contributed by atoms with Crippen LogP contribution in [-0.4, -0.2) is 34.2 Å². The Bertz CT molecular complexity index is 987. The summed E-state index contributed by atoms with van der Waals surface area (Å²) in [5, 5.41) is 11.8. The molecule has 1 aliphatic heterocycles. The van der Waals surface area contributed by atoms with Crippen molar-refractivity contribution in [2.75, 3.05) is 6.54 Å². The molecule has 10 heteroatoms. The number of nitro groups is 1. The molecular weight excluding hydrogens is 411 g/mol. The summed E-state index contributed by atoms with van der Waals surface area (Å²) in [4.78, 5) is 47.9. The quantitative estimate of drug-likeness (QED) is 0.304. The van der Waals surface area contributed by atoms with Crippen molar-refractivity contribution in [3.05, 3.63) is 73.2 Å². The summed E-state index contributed by atoms with van der Waals surface area (Å²) in [7, 11) is 0. The molecule has 2 aromatic rings.